The Labute approximate surface area is 148 Å². The quantitative estimate of drug-likeness (QED) is 0.703. The number of esters is 1. The molecule has 0 aliphatic carbocycles. The molecule has 0 aliphatic heterocycles. The van der Waals surface area contributed by atoms with Gasteiger partial charge in [-0.15, -0.1) is 0 Å². The lowest BCUT2D eigenvalue weighted by atomic mass is 10.3. The van der Waals surface area contributed by atoms with Gasteiger partial charge in [0.1, 0.15) is 23.1 Å². The Bertz CT molecular complexity index is 918. The summed E-state index contributed by atoms with van der Waals surface area (Å²) in [7, 11) is -4.25. The molecule has 2 aromatic carbocycles. The van der Waals surface area contributed by atoms with Crippen LogP contribution in [0.25, 0.3) is 0 Å². The molecule has 2 N–H and O–H groups in total. The molecule has 1 amide bonds. The predicted octanol–water partition coefficient (Wildman–Crippen LogP) is 1.42. The zero-order valence-corrected chi connectivity index (χ0v) is 14.1. The Hall–Kier alpha value is -2.85. The molecule has 0 atom stereocenters. The number of carbonyl (C=O) groups is 2. The lowest BCUT2D eigenvalue weighted by Crippen LogP contribution is -2.32. The normalized spacial score (nSPS) is 11.0. The van der Waals surface area contributed by atoms with Gasteiger partial charge in [-0.1, -0.05) is 24.3 Å². The van der Waals surface area contributed by atoms with E-state index in [1.54, 1.807) is 0 Å². The van der Waals surface area contributed by atoms with Crippen LogP contribution in [0.1, 0.15) is 0 Å². The highest BCUT2D eigenvalue weighted by atomic mass is 32.2. The molecule has 10 heteroatoms. The molecule has 7 nitrogen and oxygen atoms in total. The number of amides is 1. The average molecular weight is 384 g/mol. The SMILES string of the molecule is O=C(COC(=O)CNS(=O)(=O)c1ccccc1F)Nc1ccccc1F. The van der Waals surface area contributed by atoms with Gasteiger partial charge in [0.25, 0.3) is 5.91 Å². The third-order valence-corrected chi connectivity index (χ3v) is 4.48. The van der Waals surface area contributed by atoms with Gasteiger partial charge >= 0.3 is 5.97 Å². The lowest BCUT2D eigenvalue weighted by molar-refractivity contribution is -0.146. The standard InChI is InChI=1S/C16H14F2N2O5S/c17-11-5-1-3-7-13(11)20-15(21)10-25-16(22)9-19-26(23,24)14-8-4-2-6-12(14)18/h1-8,19H,9-10H2,(H,20,21). The number of hydrogen-bond acceptors (Lipinski definition) is 5. The van der Waals surface area contributed by atoms with Gasteiger partial charge in [0.15, 0.2) is 6.61 Å². The van der Waals surface area contributed by atoms with Gasteiger partial charge in [0, 0.05) is 0 Å². The molecule has 0 saturated heterocycles. The lowest BCUT2D eigenvalue weighted by Gasteiger charge is -2.09. The van der Waals surface area contributed by atoms with Crippen LogP contribution < -0.4 is 10.0 Å². The van der Waals surface area contributed by atoms with E-state index < -0.39 is 51.6 Å². The molecule has 138 valence electrons. The predicted molar refractivity (Wildman–Crippen MR) is 87.6 cm³/mol. The summed E-state index contributed by atoms with van der Waals surface area (Å²) < 4.78 is 57.1. The van der Waals surface area contributed by atoms with Gasteiger partial charge in [-0.2, -0.15) is 4.72 Å². The fraction of sp³-hybridized carbons (Fsp3) is 0.125. The first-order valence-corrected chi connectivity index (χ1v) is 8.72. The molecule has 2 aromatic rings. The molecule has 2 rings (SSSR count). The molecule has 0 heterocycles. The number of ether oxygens (including phenoxy) is 1. The van der Waals surface area contributed by atoms with E-state index >= 15 is 0 Å². The number of anilines is 1. The highest BCUT2D eigenvalue weighted by Crippen LogP contribution is 2.13. The monoisotopic (exact) mass is 384 g/mol. The second kappa shape index (κ2) is 8.50. The first-order chi connectivity index (χ1) is 12.3. The summed E-state index contributed by atoms with van der Waals surface area (Å²) in [5, 5.41) is 2.19. The zero-order valence-electron chi connectivity index (χ0n) is 13.2. The molecule has 0 fully saturated rings. The van der Waals surface area contributed by atoms with Crippen molar-refractivity contribution in [2.45, 2.75) is 4.90 Å². The van der Waals surface area contributed by atoms with Crippen LogP contribution in [0.4, 0.5) is 14.5 Å². The van der Waals surface area contributed by atoms with Crippen LogP contribution in [0.2, 0.25) is 0 Å². The van der Waals surface area contributed by atoms with E-state index in [4.69, 9.17) is 0 Å². The molecular weight excluding hydrogens is 370 g/mol. The van der Waals surface area contributed by atoms with E-state index in [1.165, 1.54) is 30.3 Å². The number of para-hydroxylation sites is 1. The van der Waals surface area contributed by atoms with Crippen molar-refractivity contribution in [1.29, 1.82) is 0 Å². The minimum absolute atomic E-state index is 0.0891. The molecule has 0 spiro atoms. The molecule has 0 unspecified atom stereocenters. The zero-order chi connectivity index (χ0) is 19.2. The number of hydrogen-bond donors (Lipinski definition) is 2. The summed E-state index contributed by atoms with van der Waals surface area (Å²) in [5.74, 6) is -3.50. The van der Waals surface area contributed by atoms with E-state index in [2.05, 4.69) is 10.1 Å². The number of sulfonamides is 1. The van der Waals surface area contributed by atoms with Crippen LogP contribution >= 0.6 is 0 Å². The number of nitrogens with one attached hydrogen (secondary N) is 2. The number of rotatable bonds is 7. The maximum Gasteiger partial charge on any atom is 0.321 e. The highest BCUT2D eigenvalue weighted by molar-refractivity contribution is 7.89. The second-order valence-electron chi connectivity index (χ2n) is 4.94. The maximum absolute atomic E-state index is 13.5. The molecule has 0 saturated carbocycles. The smallest absolute Gasteiger partial charge is 0.321 e. The topological polar surface area (TPSA) is 102 Å². The largest absolute Gasteiger partial charge is 0.455 e. The van der Waals surface area contributed by atoms with Crippen molar-refractivity contribution >= 4 is 27.6 Å². The van der Waals surface area contributed by atoms with Gasteiger partial charge in [0.2, 0.25) is 10.0 Å². The number of halogens is 2. The van der Waals surface area contributed by atoms with E-state index in [-0.39, 0.29) is 5.69 Å². The maximum atomic E-state index is 13.5. The van der Waals surface area contributed by atoms with Crippen molar-refractivity contribution in [2.24, 2.45) is 0 Å². The van der Waals surface area contributed by atoms with Crippen LogP contribution in [-0.4, -0.2) is 33.4 Å². The van der Waals surface area contributed by atoms with Crippen LogP contribution in [0.3, 0.4) is 0 Å². The van der Waals surface area contributed by atoms with Gasteiger partial charge < -0.3 is 10.1 Å². The van der Waals surface area contributed by atoms with Gasteiger partial charge in [-0.05, 0) is 24.3 Å². The Balaban J connectivity index is 1.83. The Morgan fingerprint density at radius 3 is 2.23 bits per heavy atom. The first kappa shape index (κ1) is 19.5. The summed E-state index contributed by atoms with van der Waals surface area (Å²) >= 11 is 0. The van der Waals surface area contributed by atoms with Gasteiger partial charge in [-0.25, -0.2) is 17.2 Å². The molecule has 0 bridgehead atoms. The molecule has 0 aliphatic rings. The van der Waals surface area contributed by atoms with Crippen molar-refractivity contribution in [3.63, 3.8) is 0 Å². The fourth-order valence-electron chi connectivity index (χ4n) is 1.84. The summed E-state index contributed by atoms with van der Waals surface area (Å²) in [6.07, 6.45) is 0. The first-order valence-electron chi connectivity index (χ1n) is 7.24. The van der Waals surface area contributed by atoms with Gasteiger partial charge in [-0.3, -0.25) is 9.59 Å². The Kier molecular flexibility index (Phi) is 6.36. The molecule has 0 aromatic heterocycles. The summed E-state index contributed by atoms with van der Waals surface area (Å²) in [4.78, 5) is 22.5. The Morgan fingerprint density at radius 1 is 0.962 bits per heavy atom. The molecular formula is C16H14F2N2O5S. The van der Waals surface area contributed by atoms with E-state index in [9.17, 15) is 26.8 Å². The molecule has 26 heavy (non-hydrogen) atoms. The number of carbonyl (C=O) groups excluding carboxylic acids is 2. The van der Waals surface area contributed by atoms with Crippen LogP contribution in [0.15, 0.2) is 53.4 Å². The third-order valence-electron chi connectivity index (χ3n) is 3.04. The summed E-state index contributed by atoms with van der Waals surface area (Å²) in [6, 6.07) is 10.0. The van der Waals surface area contributed by atoms with Crippen molar-refractivity contribution in [3.05, 3.63) is 60.2 Å². The van der Waals surface area contributed by atoms with E-state index in [0.717, 1.165) is 18.2 Å². The van der Waals surface area contributed by atoms with Gasteiger partial charge in [0.05, 0.1) is 5.69 Å². The van der Waals surface area contributed by atoms with Crippen molar-refractivity contribution < 1.29 is 31.5 Å². The van der Waals surface area contributed by atoms with Crippen molar-refractivity contribution in [2.75, 3.05) is 18.5 Å². The average Bonchev–Trinajstić information content (AvgIpc) is 2.60. The third kappa shape index (κ3) is 5.33. The second-order valence-corrected chi connectivity index (χ2v) is 6.68. The van der Waals surface area contributed by atoms with Crippen molar-refractivity contribution in [3.8, 4) is 0 Å². The fourth-order valence-corrected chi connectivity index (χ4v) is 2.89. The van der Waals surface area contributed by atoms with Crippen molar-refractivity contribution in [1.82, 2.24) is 4.72 Å². The summed E-state index contributed by atoms with van der Waals surface area (Å²) in [6.45, 7) is -1.54. The van der Waals surface area contributed by atoms with Crippen LogP contribution in [0, 0.1) is 11.6 Å². The van der Waals surface area contributed by atoms with Crippen LogP contribution in [0.5, 0.6) is 0 Å². The highest BCUT2D eigenvalue weighted by Gasteiger charge is 2.20. The van der Waals surface area contributed by atoms with E-state index in [0.29, 0.717) is 0 Å². The van der Waals surface area contributed by atoms with Crippen LogP contribution in [-0.2, 0) is 24.3 Å². The van der Waals surface area contributed by atoms with E-state index in [1.807, 2.05) is 4.72 Å². The minimum atomic E-state index is -4.25. The number of benzene rings is 2. The summed E-state index contributed by atoms with van der Waals surface area (Å²) in [5.41, 5.74) is -0.0891. The minimum Gasteiger partial charge on any atom is -0.455 e. The Morgan fingerprint density at radius 2 is 1.58 bits per heavy atom. The molecule has 0 radical (unpaired) electrons.